The van der Waals surface area contributed by atoms with Crippen LogP contribution in [0.4, 0.5) is 5.69 Å². The fourth-order valence-electron chi connectivity index (χ4n) is 1.98. The third kappa shape index (κ3) is 1.70. The fraction of sp³-hybridized carbons (Fsp3) is 0.455. The molecule has 1 aliphatic heterocycles. The minimum absolute atomic E-state index is 0.0876. The van der Waals surface area contributed by atoms with E-state index in [1.165, 1.54) is 0 Å². The van der Waals surface area contributed by atoms with Crippen LogP contribution in [0.25, 0.3) is 0 Å². The Hall–Kier alpha value is -0.740. The van der Waals surface area contributed by atoms with Crippen LogP contribution >= 0.6 is 11.6 Å². The van der Waals surface area contributed by atoms with E-state index in [4.69, 9.17) is 11.6 Å². The molecule has 0 saturated carbocycles. The Labute approximate surface area is 101 Å². The van der Waals surface area contributed by atoms with Gasteiger partial charge in [-0.1, -0.05) is 31.5 Å². The molecule has 5 heteroatoms. The lowest BCUT2D eigenvalue weighted by Gasteiger charge is -2.29. The zero-order valence-electron chi connectivity index (χ0n) is 9.20. The second kappa shape index (κ2) is 3.93. The average Bonchev–Trinajstić information content (AvgIpc) is 2.18. The Kier molecular flexibility index (Phi) is 2.88. The number of hydrogen-bond donors (Lipinski definition) is 1. The van der Waals surface area contributed by atoms with Gasteiger partial charge in [-0.3, -0.25) is 0 Å². The first-order valence-corrected chi connectivity index (χ1v) is 7.13. The van der Waals surface area contributed by atoms with E-state index in [9.17, 15) is 8.42 Å². The number of hydrogen-bond acceptors (Lipinski definition) is 3. The molecule has 1 N–H and O–H groups in total. The molecule has 1 aliphatic rings. The minimum atomic E-state index is -3.25. The number of para-hydroxylation sites is 1. The first-order chi connectivity index (χ1) is 7.44. The van der Waals surface area contributed by atoms with Gasteiger partial charge in [0.25, 0.3) is 0 Å². The van der Waals surface area contributed by atoms with Gasteiger partial charge >= 0.3 is 0 Å². The number of fused-ring (bicyclic) bond motifs is 1. The predicted octanol–water partition coefficient (Wildman–Crippen LogP) is 2.56. The molecule has 1 aromatic carbocycles. The summed E-state index contributed by atoms with van der Waals surface area (Å²) >= 11 is 5.97. The molecule has 0 aromatic heterocycles. The number of anilines is 1. The van der Waals surface area contributed by atoms with Crippen molar-refractivity contribution in [2.75, 3.05) is 11.9 Å². The Morgan fingerprint density at radius 2 is 2.12 bits per heavy atom. The maximum absolute atomic E-state index is 12.3. The maximum Gasteiger partial charge on any atom is 0.185 e. The van der Waals surface area contributed by atoms with Crippen LogP contribution in [-0.2, 0) is 9.84 Å². The summed E-state index contributed by atoms with van der Waals surface area (Å²) in [5.74, 6) is 0.0876. The van der Waals surface area contributed by atoms with E-state index in [1.807, 2.05) is 13.8 Å². The first kappa shape index (κ1) is 11.7. The van der Waals surface area contributed by atoms with E-state index >= 15 is 0 Å². The van der Waals surface area contributed by atoms with Crippen LogP contribution in [0.1, 0.15) is 13.8 Å². The average molecular weight is 260 g/mol. The standard InChI is InChI=1S/C11H14ClNO2S/c1-7(2)10-6-13-11-8(12)4-3-5-9(11)16(10,14)15/h3-5,7,10,13H,6H2,1-2H3. The van der Waals surface area contributed by atoms with Crippen molar-refractivity contribution in [1.82, 2.24) is 0 Å². The summed E-state index contributed by atoms with van der Waals surface area (Å²) < 4.78 is 24.6. The van der Waals surface area contributed by atoms with Crippen molar-refractivity contribution in [3.63, 3.8) is 0 Å². The lowest BCUT2D eigenvalue weighted by Crippen LogP contribution is -2.38. The van der Waals surface area contributed by atoms with Gasteiger partial charge in [-0.05, 0) is 18.1 Å². The van der Waals surface area contributed by atoms with Gasteiger partial charge in [0.05, 0.1) is 20.9 Å². The van der Waals surface area contributed by atoms with Gasteiger partial charge in [-0.25, -0.2) is 8.42 Å². The molecule has 0 amide bonds. The van der Waals surface area contributed by atoms with E-state index in [0.29, 0.717) is 22.2 Å². The van der Waals surface area contributed by atoms with Crippen LogP contribution in [0.3, 0.4) is 0 Å². The van der Waals surface area contributed by atoms with E-state index in [2.05, 4.69) is 5.32 Å². The van der Waals surface area contributed by atoms with Crippen molar-refractivity contribution in [3.05, 3.63) is 23.2 Å². The molecule has 88 valence electrons. The van der Waals surface area contributed by atoms with Gasteiger partial charge in [0.1, 0.15) is 0 Å². The second-order valence-electron chi connectivity index (χ2n) is 4.32. The predicted molar refractivity (Wildman–Crippen MR) is 65.8 cm³/mol. The molecular weight excluding hydrogens is 246 g/mol. The largest absolute Gasteiger partial charge is 0.381 e. The zero-order valence-corrected chi connectivity index (χ0v) is 10.8. The Morgan fingerprint density at radius 3 is 2.75 bits per heavy atom. The highest BCUT2D eigenvalue weighted by Crippen LogP contribution is 2.36. The topological polar surface area (TPSA) is 46.2 Å². The van der Waals surface area contributed by atoms with Gasteiger partial charge in [0.15, 0.2) is 9.84 Å². The fourth-order valence-corrected chi connectivity index (χ4v) is 4.36. The molecule has 1 atom stereocenters. The third-order valence-electron chi connectivity index (χ3n) is 2.90. The molecule has 0 aliphatic carbocycles. The number of halogens is 1. The quantitative estimate of drug-likeness (QED) is 0.843. The van der Waals surface area contributed by atoms with E-state index in [1.54, 1.807) is 18.2 Å². The molecular formula is C11H14ClNO2S. The van der Waals surface area contributed by atoms with Crippen molar-refractivity contribution in [2.45, 2.75) is 24.0 Å². The molecule has 0 saturated heterocycles. The zero-order chi connectivity index (χ0) is 11.9. The van der Waals surface area contributed by atoms with E-state index in [-0.39, 0.29) is 11.2 Å². The normalized spacial score (nSPS) is 22.6. The van der Waals surface area contributed by atoms with Crippen LogP contribution < -0.4 is 5.32 Å². The Balaban J connectivity index is 2.60. The molecule has 0 bridgehead atoms. The van der Waals surface area contributed by atoms with Crippen molar-refractivity contribution in [3.8, 4) is 0 Å². The van der Waals surface area contributed by atoms with Crippen molar-refractivity contribution < 1.29 is 8.42 Å². The molecule has 1 aromatic rings. The highest BCUT2D eigenvalue weighted by atomic mass is 35.5. The van der Waals surface area contributed by atoms with Crippen LogP contribution in [0.5, 0.6) is 0 Å². The van der Waals surface area contributed by atoms with Gasteiger partial charge in [0, 0.05) is 6.54 Å². The van der Waals surface area contributed by atoms with Crippen LogP contribution in [-0.4, -0.2) is 20.2 Å². The highest BCUT2D eigenvalue weighted by Gasteiger charge is 2.36. The first-order valence-electron chi connectivity index (χ1n) is 5.21. The van der Waals surface area contributed by atoms with E-state index < -0.39 is 9.84 Å². The maximum atomic E-state index is 12.3. The summed E-state index contributed by atoms with van der Waals surface area (Å²) in [6.07, 6.45) is 0. The molecule has 0 spiro atoms. The second-order valence-corrected chi connectivity index (χ2v) is 6.86. The summed E-state index contributed by atoms with van der Waals surface area (Å²) in [6.45, 7) is 4.26. The number of benzene rings is 1. The number of sulfone groups is 1. The Morgan fingerprint density at radius 1 is 1.44 bits per heavy atom. The monoisotopic (exact) mass is 259 g/mol. The van der Waals surface area contributed by atoms with Crippen LogP contribution in [0, 0.1) is 5.92 Å². The lowest BCUT2D eigenvalue weighted by molar-refractivity contribution is 0.533. The van der Waals surface area contributed by atoms with Crippen LogP contribution in [0.15, 0.2) is 23.1 Å². The molecule has 2 rings (SSSR count). The Bertz CT molecular complexity index is 511. The van der Waals surface area contributed by atoms with Crippen molar-refractivity contribution in [1.29, 1.82) is 0 Å². The molecule has 0 radical (unpaired) electrons. The molecule has 3 nitrogen and oxygen atoms in total. The molecule has 1 heterocycles. The summed E-state index contributed by atoms with van der Waals surface area (Å²) in [6, 6.07) is 4.97. The lowest BCUT2D eigenvalue weighted by atomic mass is 10.1. The van der Waals surface area contributed by atoms with Crippen molar-refractivity contribution in [2.24, 2.45) is 5.92 Å². The molecule has 16 heavy (non-hydrogen) atoms. The summed E-state index contributed by atoms with van der Waals surface area (Å²) in [5, 5.41) is 3.19. The summed E-state index contributed by atoms with van der Waals surface area (Å²) in [4.78, 5) is 0.324. The van der Waals surface area contributed by atoms with E-state index in [0.717, 1.165) is 0 Å². The summed E-state index contributed by atoms with van der Waals surface area (Å²) in [7, 11) is -3.25. The van der Waals surface area contributed by atoms with Gasteiger partial charge in [0.2, 0.25) is 0 Å². The highest BCUT2D eigenvalue weighted by molar-refractivity contribution is 7.92. The minimum Gasteiger partial charge on any atom is -0.381 e. The third-order valence-corrected chi connectivity index (χ3v) is 5.68. The van der Waals surface area contributed by atoms with Gasteiger partial charge in [-0.2, -0.15) is 0 Å². The SMILES string of the molecule is CC(C)C1CNc2c(Cl)cccc2S1(=O)=O. The van der Waals surface area contributed by atoms with Gasteiger partial charge in [-0.15, -0.1) is 0 Å². The van der Waals surface area contributed by atoms with Gasteiger partial charge < -0.3 is 5.32 Å². The molecule has 1 unspecified atom stereocenters. The number of nitrogens with one attached hydrogen (secondary N) is 1. The summed E-state index contributed by atoms with van der Waals surface area (Å²) in [5.41, 5.74) is 0.543. The van der Waals surface area contributed by atoms with Crippen LogP contribution in [0.2, 0.25) is 5.02 Å². The molecule has 0 fully saturated rings. The smallest absolute Gasteiger partial charge is 0.185 e. The van der Waals surface area contributed by atoms with Crippen molar-refractivity contribution >= 4 is 27.1 Å². The number of rotatable bonds is 1.